The van der Waals surface area contributed by atoms with Crippen LogP contribution in [-0.4, -0.2) is 33.9 Å². The van der Waals surface area contributed by atoms with Crippen molar-refractivity contribution in [1.82, 2.24) is 4.53 Å². The summed E-state index contributed by atoms with van der Waals surface area (Å²) in [6, 6.07) is 5.81. The highest BCUT2D eigenvalue weighted by Gasteiger charge is 2.60. The minimum Gasteiger partial charge on any atom is -0.417 e. The van der Waals surface area contributed by atoms with Crippen molar-refractivity contribution in [2.45, 2.75) is 89.9 Å². The normalized spacial score (nSPS) is 28.5. The Morgan fingerprint density at radius 2 is 1.74 bits per heavy atom. The molecule has 4 rings (SSSR count). The molecule has 0 N–H and O–H groups in total. The van der Waals surface area contributed by atoms with Crippen molar-refractivity contribution >= 4 is 18.3 Å². The fourth-order valence-electron chi connectivity index (χ4n) is 5.20. The first-order chi connectivity index (χ1) is 14.1. The molecule has 3 fully saturated rings. The Hall–Kier alpha value is -0.763. The zero-order valence-electron chi connectivity index (χ0n) is 20.4. The summed E-state index contributed by atoms with van der Waals surface area (Å²) in [7, 11) is -6.07. The summed E-state index contributed by atoms with van der Waals surface area (Å²) in [6.45, 7) is 18.0. The highest BCUT2D eigenvalue weighted by molar-refractivity contribution is 7.89. The number of nitrogens with zero attached hydrogens (tertiary/aromatic N) is 1. The summed E-state index contributed by atoms with van der Waals surface area (Å²) in [5.41, 5.74) is 1.08. The van der Waals surface area contributed by atoms with Crippen LogP contribution in [0.1, 0.15) is 59.4 Å². The SMILES string of the molecule is Cc1ccc(S(=O)(=O)N(F)[C@H]2C[C@H]3C[C@@H]([C@@H]2CCO[Si](C)(C)C(C)(C)C)C3(C)C)cc1. The molecule has 3 aliphatic carbocycles. The summed E-state index contributed by atoms with van der Waals surface area (Å²) < 4.78 is 48.3. The lowest BCUT2D eigenvalue weighted by molar-refractivity contribution is -0.158. The third-order valence-electron chi connectivity index (χ3n) is 8.61. The van der Waals surface area contributed by atoms with Gasteiger partial charge in [0.15, 0.2) is 8.32 Å². The van der Waals surface area contributed by atoms with Crippen LogP contribution in [0.2, 0.25) is 18.1 Å². The van der Waals surface area contributed by atoms with Crippen LogP contribution in [0.25, 0.3) is 0 Å². The van der Waals surface area contributed by atoms with Gasteiger partial charge in [0.2, 0.25) is 0 Å². The first kappa shape index (κ1) is 24.9. The minimum absolute atomic E-state index is 0.0235. The maximum Gasteiger partial charge on any atom is 0.269 e. The van der Waals surface area contributed by atoms with Gasteiger partial charge >= 0.3 is 0 Å². The van der Waals surface area contributed by atoms with E-state index in [2.05, 4.69) is 47.7 Å². The molecule has 7 heteroatoms. The molecule has 0 aliphatic heterocycles. The average Bonchev–Trinajstić information content (AvgIpc) is 2.66. The smallest absolute Gasteiger partial charge is 0.269 e. The average molecular weight is 470 g/mol. The number of hydrogen-bond donors (Lipinski definition) is 0. The van der Waals surface area contributed by atoms with Crippen molar-refractivity contribution < 1.29 is 17.3 Å². The van der Waals surface area contributed by atoms with Crippen LogP contribution in [-0.2, 0) is 14.4 Å². The van der Waals surface area contributed by atoms with Crippen LogP contribution >= 0.6 is 0 Å². The van der Waals surface area contributed by atoms with Gasteiger partial charge in [-0.1, -0.05) is 52.3 Å². The highest BCUT2D eigenvalue weighted by Crippen LogP contribution is 2.63. The maximum atomic E-state index is 15.6. The molecule has 0 amide bonds. The van der Waals surface area contributed by atoms with Gasteiger partial charge in [-0.25, -0.2) is 8.42 Å². The molecule has 31 heavy (non-hydrogen) atoms. The topological polar surface area (TPSA) is 46.6 Å². The van der Waals surface area contributed by atoms with Gasteiger partial charge in [0.25, 0.3) is 10.0 Å². The Morgan fingerprint density at radius 3 is 2.26 bits per heavy atom. The largest absolute Gasteiger partial charge is 0.417 e. The van der Waals surface area contributed by atoms with Gasteiger partial charge in [-0.3, -0.25) is 0 Å². The van der Waals surface area contributed by atoms with Gasteiger partial charge in [-0.2, -0.15) is 0 Å². The Labute approximate surface area is 189 Å². The van der Waals surface area contributed by atoms with Crippen molar-refractivity contribution in [2.75, 3.05) is 6.61 Å². The second-order valence-electron chi connectivity index (χ2n) is 11.8. The molecular weight excluding hydrogens is 429 g/mol. The molecule has 1 aromatic carbocycles. The molecule has 4 nitrogen and oxygen atoms in total. The third kappa shape index (κ3) is 4.52. The molecular formula is C24H40FNO3SSi. The standard InChI is InChI=1S/C24H40FNO3SSi/c1-17-9-11-19(12-10-17)30(27,28)26(25)22-16-18-15-21(24(18,5)6)20(22)13-14-29-31(7,8)23(2,3)4/h9-12,18,20-22H,13-16H2,1-8H3/t18-,20+,21+,22+/m1/s1. The van der Waals surface area contributed by atoms with E-state index in [4.69, 9.17) is 4.43 Å². The fourth-order valence-corrected chi connectivity index (χ4v) is 7.54. The zero-order chi connectivity index (χ0) is 23.4. The molecule has 0 saturated heterocycles. The lowest BCUT2D eigenvalue weighted by Crippen LogP contribution is -2.61. The Kier molecular flexibility index (Phi) is 6.60. The molecule has 4 atom stereocenters. The molecule has 176 valence electrons. The third-order valence-corrected chi connectivity index (χ3v) is 14.7. The van der Waals surface area contributed by atoms with E-state index in [1.807, 2.05) is 6.92 Å². The molecule has 3 aliphatic rings. The van der Waals surface area contributed by atoms with Crippen LogP contribution in [0.5, 0.6) is 0 Å². The van der Waals surface area contributed by atoms with E-state index >= 15 is 4.48 Å². The second-order valence-corrected chi connectivity index (χ2v) is 18.4. The lowest BCUT2D eigenvalue weighted by Gasteiger charge is -2.63. The maximum absolute atomic E-state index is 15.6. The Morgan fingerprint density at radius 1 is 1.16 bits per heavy atom. The van der Waals surface area contributed by atoms with Crippen molar-refractivity contribution in [3.63, 3.8) is 0 Å². The number of rotatable bonds is 7. The second kappa shape index (κ2) is 8.23. The quantitative estimate of drug-likeness (QED) is 0.346. The van der Waals surface area contributed by atoms with Gasteiger partial charge < -0.3 is 4.43 Å². The molecule has 2 bridgehead atoms. The molecule has 0 unspecified atom stereocenters. The first-order valence-electron chi connectivity index (χ1n) is 11.5. The highest BCUT2D eigenvalue weighted by atomic mass is 32.2. The fraction of sp³-hybridized carbons (Fsp3) is 0.750. The molecule has 0 radical (unpaired) electrons. The van der Waals surface area contributed by atoms with Gasteiger partial charge in [-0.15, -0.1) is 4.48 Å². The van der Waals surface area contributed by atoms with Gasteiger partial charge in [0, 0.05) is 6.61 Å². The number of hydrogen-bond acceptors (Lipinski definition) is 3. The summed E-state index contributed by atoms with van der Waals surface area (Å²) in [5.74, 6) is 0.659. The van der Waals surface area contributed by atoms with E-state index in [1.54, 1.807) is 12.1 Å². The minimum atomic E-state index is -4.17. The Balaban J connectivity index is 1.80. The van der Waals surface area contributed by atoms with E-state index in [1.165, 1.54) is 12.1 Å². The van der Waals surface area contributed by atoms with Crippen molar-refractivity contribution in [3.05, 3.63) is 29.8 Å². The summed E-state index contributed by atoms with van der Waals surface area (Å²) >= 11 is 0. The summed E-state index contributed by atoms with van der Waals surface area (Å²) in [6.07, 6.45) is 2.34. The van der Waals surface area contributed by atoms with E-state index in [9.17, 15) is 8.42 Å². The van der Waals surface area contributed by atoms with Crippen LogP contribution in [0.4, 0.5) is 4.48 Å². The van der Waals surface area contributed by atoms with Gasteiger partial charge in [0.1, 0.15) is 0 Å². The number of fused-ring (bicyclic) bond motifs is 2. The number of benzene rings is 1. The zero-order valence-corrected chi connectivity index (χ0v) is 22.2. The van der Waals surface area contributed by atoms with Crippen LogP contribution in [0.15, 0.2) is 29.2 Å². The van der Waals surface area contributed by atoms with E-state index in [0.717, 1.165) is 12.0 Å². The molecule has 3 saturated carbocycles. The monoisotopic (exact) mass is 469 g/mol. The number of aryl methyl sites for hydroxylation is 1. The van der Waals surface area contributed by atoms with Crippen LogP contribution in [0, 0.1) is 30.1 Å². The van der Waals surface area contributed by atoms with Gasteiger partial charge in [0.05, 0.1) is 10.9 Å². The van der Waals surface area contributed by atoms with Crippen molar-refractivity contribution in [3.8, 4) is 0 Å². The molecule has 0 aromatic heterocycles. The summed E-state index contributed by atoms with van der Waals surface area (Å²) in [4.78, 5) is 0.0235. The number of halogens is 1. The van der Waals surface area contributed by atoms with Gasteiger partial charge in [-0.05, 0) is 84.1 Å². The Bertz CT molecular complexity index is 892. The molecule has 1 aromatic rings. The predicted octanol–water partition coefficient (Wildman–Crippen LogP) is 6.33. The van der Waals surface area contributed by atoms with E-state index in [0.29, 0.717) is 31.3 Å². The summed E-state index contributed by atoms with van der Waals surface area (Å²) in [5, 5.41) is 0.112. The van der Waals surface area contributed by atoms with Crippen LogP contribution < -0.4 is 0 Å². The first-order valence-corrected chi connectivity index (χ1v) is 15.8. The molecule has 0 spiro atoms. The van der Waals surface area contributed by atoms with Crippen LogP contribution in [0.3, 0.4) is 0 Å². The lowest BCUT2D eigenvalue weighted by atomic mass is 9.44. The van der Waals surface area contributed by atoms with Crippen molar-refractivity contribution in [2.24, 2.45) is 23.2 Å². The van der Waals surface area contributed by atoms with E-state index < -0.39 is 24.4 Å². The van der Waals surface area contributed by atoms with Crippen molar-refractivity contribution in [1.29, 1.82) is 0 Å². The molecule has 0 heterocycles. The van der Waals surface area contributed by atoms with E-state index in [-0.39, 0.29) is 25.8 Å². The predicted molar refractivity (Wildman–Crippen MR) is 126 cm³/mol. The number of sulfonamides is 1.